The Bertz CT molecular complexity index is 1110. The van der Waals surface area contributed by atoms with E-state index in [9.17, 15) is 4.79 Å². The van der Waals surface area contributed by atoms with Crippen molar-refractivity contribution in [3.05, 3.63) is 89.4 Å². The summed E-state index contributed by atoms with van der Waals surface area (Å²) in [5.41, 5.74) is 4.16. The van der Waals surface area contributed by atoms with Crippen LogP contribution in [0.4, 0.5) is 0 Å². The zero-order valence-electron chi connectivity index (χ0n) is 16.8. The lowest BCUT2D eigenvalue weighted by Gasteiger charge is -2.31. The fourth-order valence-corrected chi connectivity index (χ4v) is 5.07. The van der Waals surface area contributed by atoms with E-state index in [-0.39, 0.29) is 5.91 Å². The topological polar surface area (TPSA) is 37.6 Å². The van der Waals surface area contributed by atoms with Crippen LogP contribution in [0.1, 0.15) is 15.4 Å². The Labute approximate surface area is 180 Å². The van der Waals surface area contributed by atoms with Crippen molar-refractivity contribution in [1.29, 1.82) is 0 Å². The Balaban J connectivity index is 1.19. The first-order valence-electron chi connectivity index (χ1n) is 10.4. The van der Waals surface area contributed by atoms with Crippen LogP contribution in [0.15, 0.2) is 78.9 Å². The smallest absolute Gasteiger partial charge is 0.254 e. The fourth-order valence-electron chi connectivity index (χ4n) is 4.03. The van der Waals surface area contributed by atoms with Crippen molar-refractivity contribution >= 4 is 27.5 Å². The molecule has 30 heavy (non-hydrogen) atoms. The summed E-state index contributed by atoms with van der Waals surface area (Å²) in [7, 11) is 0. The molecule has 5 rings (SSSR count). The monoisotopic (exact) mass is 414 g/mol. The molecule has 0 spiro atoms. The minimum atomic E-state index is 0.133. The van der Waals surface area contributed by atoms with Gasteiger partial charge < -0.3 is 9.80 Å². The normalized spacial score (nSPS) is 14.9. The van der Waals surface area contributed by atoms with Gasteiger partial charge in [0.15, 0.2) is 0 Å². The zero-order valence-corrected chi connectivity index (χ0v) is 17.6. The lowest BCUT2D eigenvalue weighted by molar-refractivity contribution is -0.917. The number of benzene rings is 3. The molecule has 5 heteroatoms. The summed E-state index contributed by atoms with van der Waals surface area (Å²) in [5, 5.41) is 1.18. The molecular weight excluding hydrogens is 390 g/mol. The maximum atomic E-state index is 12.9. The number of para-hydroxylation sites is 1. The van der Waals surface area contributed by atoms with Gasteiger partial charge in [0.1, 0.15) is 11.6 Å². The number of hydrogen-bond acceptors (Lipinski definition) is 3. The molecule has 0 saturated carbocycles. The number of piperazine rings is 1. The third-order valence-electron chi connectivity index (χ3n) is 5.74. The van der Waals surface area contributed by atoms with Gasteiger partial charge in [0.05, 0.1) is 36.4 Å². The van der Waals surface area contributed by atoms with Crippen LogP contribution in [0.5, 0.6) is 0 Å². The Morgan fingerprint density at radius 1 is 0.867 bits per heavy atom. The van der Waals surface area contributed by atoms with Crippen LogP contribution in [0.3, 0.4) is 0 Å². The van der Waals surface area contributed by atoms with Gasteiger partial charge in [-0.05, 0) is 35.4 Å². The number of quaternary nitrogens is 1. The maximum absolute atomic E-state index is 12.9. The van der Waals surface area contributed by atoms with Crippen LogP contribution in [0, 0.1) is 0 Å². The molecule has 1 aliphatic rings. The minimum Gasteiger partial charge on any atom is -0.327 e. The molecule has 1 amide bonds. The number of fused-ring (bicyclic) bond motifs is 1. The second-order valence-corrected chi connectivity index (χ2v) is 8.85. The molecule has 3 aromatic carbocycles. The van der Waals surface area contributed by atoms with Crippen LogP contribution in [-0.2, 0) is 6.54 Å². The van der Waals surface area contributed by atoms with E-state index in [1.807, 2.05) is 53.4 Å². The molecule has 4 aromatic rings. The van der Waals surface area contributed by atoms with Crippen LogP contribution in [0.2, 0.25) is 0 Å². The van der Waals surface area contributed by atoms with Crippen LogP contribution < -0.4 is 4.90 Å². The van der Waals surface area contributed by atoms with Gasteiger partial charge in [0, 0.05) is 5.56 Å². The van der Waals surface area contributed by atoms with Gasteiger partial charge in [-0.15, -0.1) is 11.3 Å². The molecule has 2 heterocycles. The summed E-state index contributed by atoms with van der Waals surface area (Å²) < 4.78 is 1.25. The number of rotatable bonds is 4. The van der Waals surface area contributed by atoms with Crippen molar-refractivity contribution in [1.82, 2.24) is 9.88 Å². The molecule has 1 N–H and O–H groups in total. The second-order valence-electron chi connectivity index (χ2n) is 7.74. The fraction of sp³-hybridized carbons (Fsp3) is 0.200. The van der Waals surface area contributed by atoms with Crippen molar-refractivity contribution < 1.29 is 9.69 Å². The van der Waals surface area contributed by atoms with E-state index in [1.54, 1.807) is 11.3 Å². The van der Waals surface area contributed by atoms with E-state index in [0.717, 1.165) is 49.4 Å². The third-order valence-corrected chi connectivity index (χ3v) is 6.77. The molecule has 1 aromatic heterocycles. The summed E-state index contributed by atoms with van der Waals surface area (Å²) in [5.74, 6) is 0.133. The molecule has 1 fully saturated rings. The molecule has 0 aliphatic carbocycles. The zero-order chi connectivity index (χ0) is 20.3. The van der Waals surface area contributed by atoms with Gasteiger partial charge in [-0.1, -0.05) is 54.6 Å². The van der Waals surface area contributed by atoms with Gasteiger partial charge >= 0.3 is 0 Å². The molecule has 0 atom stereocenters. The Morgan fingerprint density at radius 3 is 2.27 bits per heavy atom. The molecule has 150 valence electrons. The highest BCUT2D eigenvalue weighted by atomic mass is 32.1. The summed E-state index contributed by atoms with van der Waals surface area (Å²) in [6, 6.07) is 26.5. The number of nitrogens with zero attached hydrogens (tertiary/aromatic N) is 2. The van der Waals surface area contributed by atoms with Crippen molar-refractivity contribution in [2.45, 2.75) is 6.54 Å². The van der Waals surface area contributed by atoms with Crippen molar-refractivity contribution in [3.8, 4) is 11.1 Å². The van der Waals surface area contributed by atoms with Crippen molar-refractivity contribution in [2.24, 2.45) is 0 Å². The van der Waals surface area contributed by atoms with Gasteiger partial charge in [0.25, 0.3) is 5.91 Å². The summed E-state index contributed by atoms with van der Waals surface area (Å²) in [6.45, 7) is 4.44. The van der Waals surface area contributed by atoms with E-state index >= 15 is 0 Å². The highest BCUT2D eigenvalue weighted by molar-refractivity contribution is 7.18. The third kappa shape index (κ3) is 3.99. The number of amides is 1. The molecule has 0 unspecified atom stereocenters. The number of nitrogens with one attached hydrogen (secondary N) is 1. The Kier molecular flexibility index (Phi) is 5.30. The average Bonchev–Trinajstić information content (AvgIpc) is 3.22. The molecule has 0 radical (unpaired) electrons. The minimum absolute atomic E-state index is 0.133. The van der Waals surface area contributed by atoms with Crippen molar-refractivity contribution in [3.63, 3.8) is 0 Å². The quantitative estimate of drug-likeness (QED) is 0.555. The van der Waals surface area contributed by atoms with Crippen LogP contribution in [-0.4, -0.2) is 42.0 Å². The highest BCUT2D eigenvalue weighted by Gasteiger charge is 2.25. The predicted octanol–water partition coefficient (Wildman–Crippen LogP) is 3.50. The predicted molar refractivity (Wildman–Crippen MR) is 122 cm³/mol. The molecule has 4 nitrogen and oxygen atoms in total. The standard InChI is InChI=1S/C25H23N3OS/c29-25(21-12-10-20(11-13-21)19-6-2-1-3-7-19)28-16-14-27(15-17-28)18-24-26-22-8-4-5-9-23(22)30-24/h1-13H,14-18H2/p+1. The number of hydrogen-bond donors (Lipinski definition) is 1. The van der Waals surface area contributed by atoms with Gasteiger partial charge in [-0.25, -0.2) is 4.98 Å². The van der Waals surface area contributed by atoms with E-state index in [2.05, 4.69) is 30.3 Å². The van der Waals surface area contributed by atoms with E-state index in [1.165, 1.54) is 20.2 Å². The lowest BCUT2D eigenvalue weighted by Crippen LogP contribution is -3.13. The van der Waals surface area contributed by atoms with Crippen LogP contribution in [0.25, 0.3) is 21.3 Å². The first-order chi connectivity index (χ1) is 14.8. The summed E-state index contributed by atoms with van der Waals surface area (Å²) in [6.07, 6.45) is 0. The summed E-state index contributed by atoms with van der Waals surface area (Å²) >= 11 is 1.78. The Hall–Kier alpha value is -3.02. The lowest BCUT2D eigenvalue weighted by atomic mass is 10.0. The Morgan fingerprint density at radius 2 is 1.53 bits per heavy atom. The van der Waals surface area contributed by atoms with E-state index in [4.69, 9.17) is 4.98 Å². The van der Waals surface area contributed by atoms with Gasteiger partial charge in [0.2, 0.25) is 0 Å². The number of carbonyl (C=O) groups excluding carboxylic acids is 1. The first-order valence-corrected chi connectivity index (χ1v) is 11.2. The maximum Gasteiger partial charge on any atom is 0.254 e. The van der Waals surface area contributed by atoms with Gasteiger partial charge in [-0.2, -0.15) is 0 Å². The summed E-state index contributed by atoms with van der Waals surface area (Å²) in [4.78, 5) is 21.2. The molecule has 0 bridgehead atoms. The first kappa shape index (κ1) is 19.0. The molecule has 1 saturated heterocycles. The average molecular weight is 415 g/mol. The number of aromatic nitrogens is 1. The van der Waals surface area contributed by atoms with Gasteiger partial charge in [-0.3, -0.25) is 4.79 Å². The molecular formula is C25H24N3OS+. The highest BCUT2D eigenvalue weighted by Crippen LogP contribution is 2.21. The van der Waals surface area contributed by atoms with E-state index in [0.29, 0.717) is 0 Å². The number of thiazole rings is 1. The molecule has 1 aliphatic heterocycles. The van der Waals surface area contributed by atoms with E-state index < -0.39 is 0 Å². The van der Waals surface area contributed by atoms with Crippen molar-refractivity contribution in [2.75, 3.05) is 26.2 Å². The SMILES string of the molecule is O=C(c1ccc(-c2ccccc2)cc1)N1CC[NH+](Cc2nc3ccccc3s2)CC1. The largest absolute Gasteiger partial charge is 0.327 e. The number of carbonyl (C=O) groups is 1. The van der Waals surface area contributed by atoms with Crippen LogP contribution >= 0.6 is 11.3 Å². The second kappa shape index (κ2) is 8.38.